The van der Waals surface area contributed by atoms with Crippen LogP contribution in [-0.4, -0.2) is 28.2 Å². The zero-order valence-corrected chi connectivity index (χ0v) is 8.37. The van der Waals surface area contributed by atoms with Gasteiger partial charge in [0.05, 0.1) is 6.20 Å². The molecule has 0 aliphatic carbocycles. The number of aromatic nitrogens is 2. The van der Waals surface area contributed by atoms with Crippen LogP contribution >= 0.6 is 0 Å². The summed E-state index contributed by atoms with van der Waals surface area (Å²) in [5, 5.41) is 11.5. The lowest BCUT2D eigenvalue weighted by atomic mass is 10.2. The van der Waals surface area contributed by atoms with Crippen molar-refractivity contribution in [3.63, 3.8) is 0 Å². The molecule has 0 fully saturated rings. The maximum atomic E-state index is 13.1. The fourth-order valence-corrected chi connectivity index (χ4v) is 0.896. The molecular weight excluding hydrogens is 201 g/mol. The average molecular weight is 215 g/mol. The van der Waals surface area contributed by atoms with E-state index in [1.54, 1.807) is 0 Å². The van der Waals surface area contributed by atoms with E-state index in [0.29, 0.717) is 6.54 Å². The van der Waals surface area contributed by atoms with Gasteiger partial charge in [0.15, 0.2) is 11.6 Å². The Morgan fingerprint density at radius 3 is 3.00 bits per heavy atom. The first kappa shape index (κ1) is 11.6. The summed E-state index contributed by atoms with van der Waals surface area (Å²) in [7, 11) is 0. The molecule has 0 radical (unpaired) electrons. The van der Waals surface area contributed by atoms with Gasteiger partial charge in [-0.15, -0.1) is 0 Å². The number of nitrogens with zero attached hydrogens (tertiary/aromatic N) is 2. The van der Waals surface area contributed by atoms with E-state index in [0.717, 1.165) is 6.20 Å². The summed E-state index contributed by atoms with van der Waals surface area (Å²) >= 11 is 0. The van der Waals surface area contributed by atoms with Crippen molar-refractivity contribution in [1.82, 2.24) is 9.97 Å². The van der Waals surface area contributed by atoms with Crippen molar-refractivity contribution in [3.05, 3.63) is 12.0 Å². The molecule has 6 nitrogen and oxygen atoms in total. The molecule has 0 spiro atoms. The van der Waals surface area contributed by atoms with Crippen LogP contribution in [0.5, 0.6) is 0 Å². The molecule has 0 saturated heterocycles. The van der Waals surface area contributed by atoms with Crippen molar-refractivity contribution in [2.75, 3.05) is 23.9 Å². The number of nitrogens with one attached hydrogen (secondary N) is 2. The molecule has 0 bridgehead atoms. The Morgan fingerprint density at radius 2 is 2.40 bits per heavy atom. The Morgan fingerprint density at radius 1 is 1.67 bits per heavy atom. The number of nitrogens with two attached hydrogens (primary N) is 1. The van der Waals surface area contributed by atoms with E-state index >= 15 is 0 Å². The predicted molar refractivity (Wildman–Crippen MR) is 54.5 cm³/mol. The minimum absolute atomic E-state index is 0.0219. The van der Waals surface area contributed by atoms with Crippen molar-refractivity contribution in [2.45, 2.75) is 6.92 Å². The second-order valence-corrected chi connectivity index (χ2v) is 3.20. The van der Waals surface area contributed by atoms with E-state index in [1.807, 2.05) is 6.92 Å². The lowest BCUT2D eigenvalue weighted by Gasteiger charge is -2.11. The number of hydrogen-bond acceptors (Lipinski definition) is 6. The fourth-order valence-electron chi connectivity index (χ4n) is 0.896. The van der Waals surface area contributed by atoms with Gasteiger partial charge in [-0.05, 0) is 5.92 Å². The molecule has 84 valence electrons. The highest BCUT2D eigenvalue weighted by atomic mass is 19.1. The third kappa shape index (κ3) is 3.30. The quantitative estimate of drug-likeness (QED) is 0.406. The van der Waals surface area contributed by atoms with Gasteiger partial charge >= 0.3 is 0 Å². The number of aliphatic hydroxyl groups is 1. The Hall–Kier alpha value is -1.47. The number of nitrogen functional groups attached to an aromatic ring is 1. The summed E-state index contributed by atoms with van der Waals surface area (Å²) in [6, 6.07) is 0. The van der Waals surface area contributed by atoms with Crippen molar-refractivity contribution in [3.8, 4) is 0 Å². The molecule has 7 heteroatoms. The summed E-state index contributed by atoms with van der Waals surface area (Å²) in [4.78, 5) is 7.38. The molecule has 5 N–H and O–H groups in total. The minimum Gasteiger partial charge on any atom is -0.396 e. The van der Waals surface area contributed by atoms with Crippen LogP contribution < -0.4 is 16.6 Å². The lowest BCUT2D eigenvalue weighted by Crippen LogP contribution is -2.17. The molecule has 1 heterocycles. The molecule has 0 aromatic carbocycles. The van der Waals surface area contributed by atoms with Crippen LogP contribution in [-0.2, 0) is 0 Å². The second-order valence-electron chi connectivity index (χ2n) is 3.20. The van der Waals surface area contributed by atoms with E-state index in [-0.39, 0.29) is 24.3 Å². The molecule has 1 aromatic heterocycles. The van der Waals surface area contributed by atoms with Gasteiger partial charge in [-0.1, -0.05) is 6.92 Å². The summed E-state index contributed by atoms with van der Waals surface area (Å²) in [6.07, 6.45) is 1.02. The SMILES string of the molecule is CC(CO)CNc1nc(NN)ncc1F. The molecule has 0 amide bonds. The second kappa shape index (κ2) is 5.42. The molecule has 15 heavy (non-hydrogen) atoms. The summed E-state index contributed by atoms with van der Waals surface area (Å²) in [6.45, 7) is 2.28. The van der Waals surface area contributed by atoms with Crippen molar-refractivity contribution in [2.24, 2.45) is 11.8 Å². The normalized spacial score (nSPS) is 12.3. The van der Waals surface area contributed by atoms with Gasteiger partial charge in [0.2, 0.25) is 5.95 Å². The van der Waals surface area contributed by atoms with Gasteiger partial charge in [-0.25, -0.2) is 15.2 Å². The van der Waals surface area contributed by atoms with Crippen LogP contribution in [0.15, 0.2) is 6.20 Å². The Kier molecular flexibility index (Phi) is 4.19. The molecule has 0 aliphatic rings. The van der Waals surface area contributed by atoms with E-state index in [9.17, 15) is 4.39 Å². The van der Waals surface area contributed by atoms with Crippen molar-refractivity contribution >= 4 is 11.8 Å². The summed E-state index contributed by atoms with van der Waals surface area (Å²) in [5.74, 6) is 4.75. The predicted octanol–water partition coefficient (Wildman–Crippen LogP) is -0.0584. The fraction of sp³-hybridized carbons (Fsp3) is 0.500. The molecule has 0 aliphatic heterocycles. The largest absolute Gasteiger partial charge is 0.396 e. The highest BCUT2D eigenvalue weighted by Gasteiger charge is 2.07. The van der Waals surface area contributed by atoms with Crippen LogP contribution in [0.1, 0.15) is 6.92 Å². The van der Waals surface area contributed by atoms with E-state index in [2.05, 4.69) is 20.7 Å². The van der Waals surface area contributed by atoms with Gasteiger partial charge in [-0.2, -0.15) is 4.98 Å². The van der Waals surface area contributed by atoms with Crippen LogP contribution in [0.3, 0.4) is 0 Å². The number of halogens is 1. The topological polar surface area (TPSA) is 96.1 Å². The molecule has 1 aromatic rings. The smallest absolute Gasteiger partial charge is 0.239 e. The summed E-state index contributed by atoms with van der Waals surface area (Å²) < 4.78 is 13.1. The molecule has 1 rings (SSSR count). The lowest BCUT2D eigenvalue weighted by molar-refractivity contribution is 0.244. The molecule has 1 unspecified atom stereocenters. The molecule has 0 saturated carbocycles. The molecule has 1 atom stereocenters. The maximum absolute atomic E-state index is 13.1. The third-order valence-corrected chi connectivity index (χ3v) is 1.80. The van der Waals surface area contributed by atoms with E-state index in [4.69, 9.17) is 10.9 Å². The zero-order valence-electron chi connectivity index (χ0n) is 8.37. The molecular formula is C8H14FN5O. The van der Waals surface area contributed by atoms with Crippen LogP contribution in [0, 0.1) is 11.7 Å². The van der Waals surface area contributed by atoms with Crippen molar-refractivity contribution < 1.29 is 9.50 Å². The van der Waals surface area contributed by atoms with Gasteiger partial charge in [-0.3, -0.25) is 5.43 Å². The van der Waals surface area contributed by atoms with Gasteiger partial charge in [0, 0.05) is 13.2 Å². The third-order valence-electron chi connectivity index (χ3n) is 1.80. The van der Waals surface area contributed by atoms with Gasteiger partial charge in [0.25, 0.3) is 0 Å². The van der Waals surface area contributed by atoms with Crippen LogP contribution in [0.4, 0.5) is 16.2 Å². The highest BCUT2D eigenvalue weighted by molar-refractivity contribution is 5.40. The Balaban J connectivity index is 2.66. The van der Waals surface area contributed by atoms with Crippen LogP contribution in [0.25, 0.3) is 0 Å². The summed E-state index contributed by atoms with van der Waals surface area (Å²) in [5.41, 5.74) is 2.22. The highest BCUT2D eigenvalue weighted by Crippen LogP contribution is 2.11. The first-order valence-electron chi connectivity index (χ1n) is 4.51. The van der Waals surface area contributed by atoms with E-state index in [1.165, 1.54) is 0 Å². The monoisotopic (exact) mass is 215 g/mol. The Labute approximate surface area is 86.7 Å². The van der Waals surface area contributed by atoms with Crippen LogP contribution in [0.2, 0.25) is 0 Å². The minimum atomic E-state index is -0.556. The van der Waals surface area contributed by atoms with Crippen molar-refractivity contribution in [1.29, 1.82) is 0 Å². The number of anilines is 2. The maximum Gasteiger partial charge on any atom is 0.239 e. The zero-order chi connectivity index (χ0) is 11.3. The number of aliphatic hydroxyl groups excluding tert-OH is 1. The van der Waals surface area contributed by atoms with E-state index < -0.39 is 5.82 Å². The Bertz CT molecular complexity index is 322. The number of hydrogen-bond donors (Lipinski definition) is 4. The first-order valence-corrected chi connectivity index (χ1v) is 4.51. The standard InChI is InChI=1S/C8H14FN5O/c1-5(4-15)2-11-7-6(9)3-12-8(13-7)14-10/h3,5,15H,2,4,10H2,1H3,(H2,11,12,13,14). The number of hydrazine groups is 1. The first-order chi connectivity index (χ1) is 7.17. The van der Waals surface area contributed by atoms with Gasteiger partial charge < -0.3 is 10.4 Å². The average Bonchev–Trinajstić information content (AvgIpc) is 2.27. The number of rotatable bonds is 5. The van der Waals surface area contributed by atoms with Gasteiger partial charge in [0.1, 0.15) is 0 Å².